The summed E-state index contributed by atoms with van der Waals surface area (Å²) in [5.74, 6) is 0.877. The highest BCUT2D eigenvalue weighted by atomic mass is 15.5. The summed E-state index contributed by atoms with van der Waals surface area (Å²) in [6.45, 7) is 1.41. The largest absolute Gasteiger partial charge is 0.346 e. The summed E-state index contributed by atoms with van der Waals surface area (Å²) in [6.07, 6.45) is 4.42. The van der Waals surface area contributed by atoms with Gasteiger partial charge in [0.05, 0.1) is 18.4 Å². The fraction of sp³-hybridized carbons (Fsp3) is 0.286. The molecule has 4 rings (SSSR count). The number of rotatable bonds is 2. The molecule has 7 heteroatoms. The molecule has 0 spiro atoms. The average molecular weight is 281 g/mol. The minimum Gasteiger partial charge on any atom is -0.346 e. The van der Waals surface area contributed by atoms with E-state index in [1.165, 1.54) is 11.1 Å². The monoisotopic (exact) mass is 281 g/mol. The van der Waals surface area contributed by atoms with Crippen LogP contribution in [0.3, 0.4) is 0 Å². The molecule has 7 nitrogen and oxygen atoms in total. The zero-order valence-electron chi connectivity index (χ0n) is 11.4. The summed E-state index contributed by atoms with van der Waals surface area (Å²) in [5, 5.41) is 11.7. The number of tetrazole rings is 1. The summed E-state index contributed by atoms with van der Waals surface area (Å²) in [4.78, 5) is 6.47. The van der Waals surface area contributed by atoms with E-state index in [2.05, 4.69) is 49.7 Å². The first-order valence-corrected chi connectivity index (χ1v) is 6.95. The second-order valence-electron chi connectivity index (χ2n) is 5.11. The number of benzene rings is 1. The first-order chi connectivity index (χ1) is 10.4. The van der Waals surface area contributed by atoms with Gasteiger partial charge in [-0.05, 0) is 28.0 Å². The molecule has 2 aromatic heterocycles. The molecule has 1 aromatic carbocycles. The molecule has 0 fully saturated rings. The number of fused-ring (bicyclic) bond motifs is 2. The quantitative estimate of drug-likeness (QED) is 0.739. The molecule has 0 aliphatic carbocycles. The second kappa shape index (κ2) is 4.78. The average Bonchev–Trinajstić information content (AvgIpc) is 3.02. The van der Waals surface area contributed by atoms with Gasteiger partial charge in [0.2, 0.25) is 0 Å². The molecule has 1 aliphatic heterocycles. The Kier molecular flexibility index (Phi) is 2.78. The van der Waals surface area contributed by atoms with Crippen LogP contribution in [0.2, 0.25) is 0 Å². The Morgan fingerprint density at radius 1 is 1.24 bits per heavy atom. The zero-order valence-corrected chi connectivity index (χ0v) is 11.4. The molecule has 2 N–H and O–H groups in total. The Morgan fingerprint density at radius 2 is 2.14 bits per heavy atom. The van der Waals surface area contributed by atoms with E-state index in [4.69, 9.17) is 5.73 Å². The van der Waals surface area contributed by atoms with Crippen LogP contribution in [0.25, 0.3) is 5.65 Å². The van der Waals surface area contributed by atoms with E-state index in [0.717, 1.165) is 18.8 Å². The van der Waals surface area contributed by atoms with Crippen molar-refractivity contribution in [1.82, 2.24) is 25.0 Å². The maximum Gasteiger partial charge on any atom is 0.199 e. The lowest BCUT2D eigenvalue weighted by molar-refractivity contribution is 0.574. The van der Waals surface area contributed by atoms with Gasteiger partial charge in [0.25, 0.3) is 0 Å². The Labute approximate surface area is 121 Å². The van der Waals surface area contributed by atoms with Gasteiger partial charge >= 0.3 is 0 Å². The topological polar surface area (TPSA) is 85.2 Å². The third-order valence-electron chi connectivity index (χ3n) is 4.02. The van der Waals surface area contributed by atoms with Crippen molar-refractivity contribution in [2.24, 2.45) is 5.73 Å². The third kappa shape index (κ3) is 1.85. The Balaban J connectivity index is 1.84. The molecular formula is C14H15N7. The highest BCUT2D eigenvalue weighted by molar-refractivity contribution is 5.51. The van der Waals surface area contributed by atoms with Crippen LogP contribution in [-0.4, -0.2) is 38.1 Å². The van der Waals surface area contributed by atoms with Gasteiger partial charge in [0, 0.05) is 13.1 Å². The molecule has 21 heavy (non-hydrogen) atoms. The first-order valence-electron chi connectivity index (χ1n) is 6.95. The third-order valence-corrected chi connectivity index (χ3v) is 4.02. The van der Waals surface area contributed by atoms with Crippen LogP contribution in [0.5, 0.6) is 0 Å². The lowest BCUT2D eigenvalue weighted by atomic mass is 9.92. The highest BCUT2D eigenvalue weighted by Crippen LogP contribution is 2.32. The predicted molar refractivity (Wildman–Crippen MR) is 77.9 cm³/mol. The Morgan fingerprint density at radius 3 is 3.05 bits per heavy atom. The van der Waals surface area contributed by atoms with Gasteiger partial charge < -0.3 is 10.6 Å². The molecule has 1 atom stereocenters. The van der Waals surface area contributed by atoms with Gasteiger partial charge in [-0.3, -0.25) is 4.98 Å². The molecule has 3 heterocycles. The van der Waals surface area contributed by atoms with Gasteiger partial charge in [-0.1, -0.05) is 24.3 Å². The minimum atomic E-state index is 0.117. The summed E-state index contributed by atoms with van der Waals surface area (Å²) in [7, 11) is 0. The number of hydrogen-bond donors (Lipinski definition) is 1. The van der Waals surface area contributed by atoms with Crippen molar-refractivity contribution in [3.8, 4) is 0 Å². The number of anilines is 1. The highest BCUT2D eigenvalue weighted by Gasteiger charge is 2.28. The van der Waals surface area contributed by atoms with Crippen LogP contribution in [0.15, 0.2) is 36.7 Å². The van der Waals surface area contributed by atoms with E-state index in [0.29, 0.717) is 12.2 Å². The van der Waals surface area contributed by atoms with Crippen molar-refractivity contribution >= 4 is 11.5 Å². The van der Waals surface area contributed by atoms with Crippen LogP contribution < -0.4 is 10.6 Å². The summed E-state index contributed by atoms with van der Waals surface area (Å²) in [6, 6.07) is 8.57. The van der Waals surface area contributed by atoms with Gasteiger partial charge in [0.1, 0.15) is 0 Å². The molecule has 1 unspecified atom stereocenters. The summed E-state index contributed by atoms with van der Waals surface area (Å²) >= 11 is 0. The maximum atomic E-state index is 6.04. The van der Waals surface area contributed by atoms with Crippen LogP contribution >= 0.6 is 0 Å². The lowest BCUT2D eigenvalue weighted by Gasteiger charge is -2.37. The fourth-order valence-electron chi connectivity index (χ4n) is 3.04. The Bertz CT molecular complexity index is 782. The van der Waals surface area contributed by atoms with E-state index in [1.807, 2.05) is 0 Å². The van der Waals surface area contributed by atoms with Crippen LogP contribution in [0, 0.1) is 0 Å². The SMILES string of the molecule is NCC1c2ccccc2CCN1c1cncc2nnnn12. The summed E-state index contributed by atoms with van der Waals surface area (Å²) < 4.78 is 1.71. The molecule has 0 amide bonds. The molecule has 0 bridgehead atoms. The first kappa shape index (κ1) is 12.2. The second-order valence-corrected chi connectivity index (χ2v) is 5.11. The van der Waals surface area contributed by atoms with Gasteiger partial charge in [0.15, 0.2) is 11.5 Å². The van der Waals surface area contributed by atoms with Gasteiger partial charge in [-0.2, -0.15) is 4.52 Å². The van der Waals surface area contributed by atoms with E-state index in [9.17, 15) is 0 Å². The van der Waals surface area contributed by atoms with Crippen molar-refractivity contribution in [1.29, 1.82) is 0 Å². The smallest absolute Gasteiger partial charge is 0.199 e. The fourth-order valence-corrected chi connectivity index (χ4v) is 3.04. The van der Waals surface area contributed by atoms with E-state index in [1.54, 1.807) is 16.9 Å². The summed E-state index contributed by atoms with van der Waals surface area (Å²) in [5.41, 5.74) is 9.32. The van der Waals surface area contributed by atoms with E-state index >= 15 is 0 Å². The molecule has 106 valence electrons. The number of nitrogens with two attached hydrogens (primary N) is 1. The molecule has 3 aromatic rings. The van der Waals surface area contributed by atoms with Crippen molar-refractivity contribution in [2.75, 3.05) is 18.0 Å². The standard InChI is InChI=1S/C14H15N7/c15-7-12-11-4-2-1-3-10(11)5-6-20(12)14-9-16-8-13-17-18-19-21(13)14/h1-4,8-9,12H,5-7,15H2. The van der Waals surface area contributed by atoms with Gasteiger partial charge in [-0.25, -0.2) is 0 Å². The predicted octanol–water partition coefficient (Wildman–Crippen LogP) is 0.582. The molecular weight excluding hydrogens is 266 g/mol. The van der Waals surface area contributed by atoms with Crippen LogP contribution in [0.4, 0.5) is 5.82 Å². The van der Waals surface area contributed by atoms with Crippen molar-refractivity contribution < 1.29 is 0 Å². The molecule has 0 radical (unpaired) electrons. The van der Waals surface area contributed by atoms with E-state index < -0.39 is 0 Å². The maximum absolute atomic E-state index is 6.04. The van der Waals surface area contributed by atoms with Crippen molar-refractivity contribution in [3.05, 3.63) is 47.8 Å². The molecule has 1 aliphatic rings. The number of aromatic nitrogens is 5. The lowest BCUT2D eigenvalue weighted by Crippen LogP contribution is -2.40. The Hall–Kier alpha value is -2.54. The zero-order chi connectivity index (χ0) is 14.2. The van der Waals surface area contributed by atoms with Crippen molar-refractivity contribution in [3.63, 3.8) is 0 Å². The molecule has 0 saturated heterocycles. The number of nitrogens with zero attached hydrogens (tertiary/aromatic N) is 6. The normalized spacial score (nSPS) is 18.0. The minimum absolute atomic E-state index is 0.117. The van der Waals surface area contributed by atoms with Crippen LogP contribution in [0.1, 0.15) is 17.2 Å². The van der Waals surface area contributed by atoms with Gasteiger partial charge in [-0.15, -0.1) is 5.10 Å². The van der Waals surface area contributed by atoms with Crippen LogP contribution in [-0.2, 0) is 6.42 Å². The molecule has 0 saturated carbocycles. The van der Waals surface area contributed by atoms with E-state index in [-0.39, 0.29) is 6.04 Å². The van der Waals surface area contributed by atoms with Crippen molar-refractivity contribution in [2.45, 2.75) is 12.5 Å². The number of hydrogen-bond acceptors (Lipinski definition) is 6.